The average Bonchev–Trinajstić information content (AvgIpc) is 2.90. The zero-order valence-corrected chi connectivity index (χ0v) is 12.8. The zero-order chi connectivity index (χ0) is 14.4. The second-order valence-electron chi connectivity index (χ2n) is 5.50. The monoisotopic (exact) mass is 293 g/mol. The summed E-state index contributed by atoms with van der Waals surface area (Å²) >= 11 is 1.69. The normalized spacial score (nSPS) is 18.7. The van der Waals surface area contributed by atoms with Gasteiger partial charge in [-0.2, -0.15) is 0 Å². The van der Waals surface area contributed by atoms with Gasteiger partial charge in [0.15, 0.2) is 0 Å². The molecule has 1 amide bonds. The van der Waals surface area contributed by atoms with E-state index in [2.05, 4.69) is 17.4 Å². The summed E-state index contributed by atoms with van der Waals surface area (Å²) < 4.78 is -0.328. The van der Waals surface area contributed by atoms with E-state index in [-0.39, 0.29) is 23.3 Å². The van der Waals surface area contributed by atoms with Crippen LogP contribution in [0.25, 0.3) is 0 Å². The van der Waals surface area contributed by atoms with Gasteiger partial charge in [0.25, 0.3) is 0 Å². The van der Waals surface area contributed by atoms with E-state index in [1.165, 1.54) is 0 Å². The molecule has 0 aromatic heterocycles. The summed E-state index contributed by atoms with van der Waals surface area (Å²) in [4.78, 5) is 13.8. The van der Waals surface area contributed by atoms with Crippen LogP contribution < -0.4 is 5.32 Å². The van der Waals surface area contributed by atoms with E-state index in [0.29, 0.717) is 6.42 Å². The number of rotatable bonds is 6. The Labute approximate surface area is 125 Å². The molecule has 1 unspecified atom stereocenters. The second kappa shape index (κ2) is 7.14. The third kappa shape index (κ3) is 3.76. The lowest BCUT2D eigenvalue weighted by molar-refractivity contribution is -0.124. The fraction of sp³-hybridized carbons (Fsp3) is 0.562. The Bertz CT molecular complexity index is 429. The zero-order valence-electron chi connectivity index (χ0n) is 12.0. The molecule has 3 nitrogen and oxygen atoms in total. The first-order chi connectivity index (χ1) is 9.66. The number of aliphatic hydroxyl groups is 1. The SMILES string of the molecule is CC(CCO)NC(=O)C1(Sc2ccccc2)CCCC1. The molecule has 0 aliphatic heterocycles. The minimum Gasteiger partial charge on any atom is -0.396 e. The molecule has 1 aliphatic rings. The maximum absolute atomic E-state index is 12.6. The van der Waals surface area contributed by atoms with Crippen molar-refractivity contribution in [3.8, 4) is 0 Å². The minimum atomic E-state index is -0.328. The van der Waals surface area contributed by atoms with Gasteiger partial charge in [0.1, 0.15) is 0 Å². The number of hydrogen-bond donors (Lipinski definition) is 2. The molecule has 1 atom stereocenters. The van der Waals surface area contributed by atoms with Gasteiger partial charge >= 0.3 is 0 Å². The molecule has 20 heavy (non-hydrogen) atoms. The quantitative estimate of drug-likeness (QED) is 0.848. The summed E-state index contributed by atoms with van der Waals surface area (Å²) in [5.74, 6) is 0.129. The summed E-state index contributed by atoms with van der Waals surface area (Å²) in [7, 11) is 0. The Balaban J connectivity index is 2.07. The minimum absolute atomic E-state index is 0.0290. The Kier molecular flexibility index (Phi) is 5.49. The number of aliphatic hydroxyl groups excluding tert-OH is 1. The van der Waals surface area contributed by atoms with Gasteiger partial charge in [0.2, 0.25) is 5.91 Å². The van der Waals surface area contributed by atoms with Crippen molar-refractivity contribution >= 4 is 17.7 Å². The molecule has 110 valence electrons. The van der Waals surface area contributed by atoms with Crippen molar-refractivity contribution < 1.29 is 9.90 Å². The van der Waals surface area contributed by atoms with Crippen molar-refractivity contribution in [3.05, 3.63) is 30.3 Å². The highest BCUT2D eigenvalue weighted by molar-refractivity contribution is 8.01. The molecule has 1 aliphatic carbocycles. The Hall–Kier alpha value is -1.00. The molecular formula is C16H23NO2S. The fourth-order valence-corrected chi connectivity index (χ4v) is 4.05. The van der Waals surface area contributed by atoms with Gasteiger partial charge < -0.3 is 10.4 Å². The molecule has 1 aromatic rings. The van der Waals surface area contributed by atoms with Crippen LogP contribution in [0.5, 0.6) is 0 Å². The third-order valence-corrected chi connectivity index (χ3v) is 5.31. The van der Waals surface area contributed by atoms with E-state index in [4.69, 9.17) is 5.11 Å². The first-order valence-electron chi connectivity index (χ1n) is 7.32. The van der Waals surface area contributed by atoms with Crippen molar-refractivity contribution in [2.75, 3.05) is 6.61 Å². The van der Waals surface area contributed by atoms with Crippen LogP contribution in [-0.4, -0.2) is 28.4 Å². The number of hydrogen-bond acceptors (Lipinski definition) is 3. The lowest BCUT2D eigenvalue weighted by Crippen LogP contribution is -2.46. The van der Waals surface area contributed by atoms with Crippen molar-refractivity contribution in [1.29, 1.82) is 0 Å². The van der Waals surface area contributed by atoms with Crippen LogP contribution in [0, 0.1) is 0 Å². The maximum Gasteiger partial charge on any atom is 0.236 e. The van der Waals surface area contributed by atoms with E-state index in [9.17, 15) is 4.79 Å². The number of carbonyl (C=O) groups is 1. The van der Waals surface area contributed by atoms with Crippen LogP contribution in [0.4, 0.5) is 0 Å². The van der Waals surface area contributed by atoms with Crippen LogP contribution in [0.3, 0.4) is 0 Å². The number of benzene rings is 1. The number of carbonyl (C=O) groups excluding carboxylic acids is 1. The summed E-state index contributed by atoms with van der Waals surface area (Å²) in [6.07, 6.45) is 4.70. The fourth-order valence-electron chi connectivity index (χ4n) is 2.66. The molecule has 1 saturated carbocycles. The Morgan fingerprint density at radius 3 is 2.60 bits per heavy atom. The molecule has 2 rings (SSSR count). The van der Waals surface area contributed by atoms with Gasteiger partial charge in [0, 0.05) is 17.5 Å². The molecule has 1 aromatic carbocycles. The van der Waals surface area contributed by atoms with Gasteiger partial charge in [0.05, 0.1) is 4.75 Å². The van der Waals surface area contributed by atoms with Crippen LogP contribution in [0.2, 0.25) is 0 Å². The predicted octanol–water partition coefficient (Wildman–Crippen LogP) is 2.98. The van der Waals surface area contributed by atoms with Crippen LogP contribution in [0.15, 0.2) is 35.2 Å². The second-order valence-corrected chi connectivity index (χ2v) is 6.96. The smallest absolute Gasteiger partial charge is 0.236 e. The molecule has 0 heterocycles. The number of amides is 1. The maximum atomic E-state index is 12.6. The molecule has 1 fully saturated rings. The first-order valence-corrected chi connectivity index (χ1v) is 8.14. The van der Waals surface area contributed by atoms with Crippen molar-refractivity contribution in [2.24, 2.45) is 0 Å². The van der Waals surface area contributed by atoms with E-state index < -0.39 is 0 Å². The summed E-state index contributed by atoms with van der Waals surface area (Å²) in [5.41, 5.74) is 0. The van der Waals surface area contributed by atoms with Crippen molar-refractivity contribution in [2.45, 2.75) is 54.7 Å². The number of thioether (sulfide) groups is 1. The molecule has 0 saturated heterocycles. The molecule has 0 bridgehead atoms. The van der Waals surface area contributed by atoms with Gasteiger partial charge in [-0.25, -0.2) is 0 Å². The van der Waals surface area contributed by atoms with Gasteiger partial charge in [-0.3, -0.25) is 4.79 Å². The molecular weight excluding hydrogens is 270 g/mol. The van der Waals surface area contributed by atoms with E-state index in [1.807, 2.05) is 25.1 Å². The highest BCUT2D eigenvalue weighted by Gasteiger charge is 2.42. The number of nitrogens with one attached hydrogen (secondary N) is 1. The molecule has 0 spiro atoms. The molecule has 2 N–H and O–H groups in total. The van der Waals surface area contributed by atoms with Crippen molar-refractivity contribution in [3.63, 3.8) is 0 Å². The van der Waals surface area contributed by atoms with Gasteiger partial charge in [-0.1, -0.05) is 31.0 Å². The highest BCUT2D eigenvalue weighted by Crippen LogP contribution is 2.45. The Morgan fingerprint density at radius 1 is 1.35 bits per heavy atom. The highest BCUT2D eigenvalue weighted by atomic mass is 32.2. The van der Waals surface area contributed by atoms with Crippen LogP contribution in [-0.2, 0) is 4.79 Å². The topological polar surface area (TPSA) is 49.3 Å². The molecule has 0 radical (unpaired) electrons. The van der Waals surface area contributed by atoms with Crippen LogP contribution >= 0.6 is 11.8 Å². The van der Waals surface area contributed by atoms with Gasteiger partial charge in [-0.15, -0.1) is 11.8 Å². The summed E-state index contributed by atoms with van der Waals surface area (Å²) in [6, 6.07) is 10.2. The lowest BCUT2D eigenvalue weighted by Gasteiger charge is -2.29. The largest absolute Gasteiger partial charge is 0.396 e. The van der Waals surface area contributed by atoms with E-state index in [1.54, 1.807) is 11.8 Å². The van der Waals surface area contributed by atoms with Crippen molar-refractivity contribution in [1.82, 2.24) is 5.32 Å². The lowest BCUT2D eigenvalue weighted by atomic mass is 10.1. The van der Waals surface area contributed by atoms with Crippen LogP contribution in [0.1, 0.15) is 39.0 Å². The first kappa shape index (κ1) is 15.4. The predicted molar refractivity (Wildman–Crippen MR) is 82.8 cm³/mol. The van der Waals surface area contributed by atoms with E-state index >= 15 is 0 Å². The Morgan fingerprint density at radius 2 is 2.00 bits per heavy atom. The molecule has 4 heteroatoms. The van der Waals surface area contributed by atoms with Gasteiger partial charge in [-0.05, 0) is 38.3 Å². The summed E-state index contributed by atoms with van der Waals surface area (Å²) in [5, 5.41) is 12.0. The van der Waals surface area contributed by atoms with E-state index in [0.717, 1.165) is 30.6 Å². The average molecular weight is 293 g/mol. The standard InChI is InChI=1S/C16H23NO2S/c1-13(9-12-18)17-15(19)16(10-5-6-11-16)20-14-7-3-2-4-8-14/h2-4,7-8,13,18H,5-6,9-12H2,1H3,(H,17,19). The summed E-state index contributed by atoms with van der Waals surface area (Å²) in [6.45, 7) is 2.06. The third-order valence-electron chi connectivity index (χ3n) is 3.82.